The van der Waals surface area contributed by atoms with Gasteiger partial charge in [-0.05, 0) is 19.8 Å². The van der Waals surface area contributed by atoms with Crippen molar-refractivity contribution in [3.63, 3.8) is 0 Å². The molecule has 0 rings (SSSR count). The van der Waals surface area contributed by atoms with E-state index in [4.69, 9.17) is 0 Å². The predicted octanol–water partition coefficient (Wildman–Crippen LogP) is 4.75. The molecule has 0 saturated heterocycles. The molecule has 0 radical (unpaired) electrons. The first kappa shape index (κ1) is 14.2. The maximum absolute atomic E-state index is 11.4. The van der Waals surface area contributed by atoms with Crippen LogP contribution in [0.5, 0.6) is 0 Å². The van der Waals surface area contributed by atoms with Gasteiger partial charge in [-0.25, -0.2) is 0 Å². The first-order valence-electron chi connectivity index (χ1n) is 6.10. The first-order chi connectivity index (χ1) is 6.56. The highest BCUT2D eigenvalue weighted by Gasteiger charge is 2.05. The SMILES string of the molecule is CCCCCCCCCCP(C)(C)=O. The minimum Gasteiger partial charge on any atom is -0.324 e. The van der Waals surface area contributed by atoms with E-state index >= 15 is 0 Å². The summed E-state index contributed by atoms with van der Waals surface area (Å²) in [6.07, 6.45) is 11.6. The lowest BCUT2D eigenvalue weighted by molar-refractivity contribution is 0.569. The highest BCUT2D eigenvalue weighted by atomic mass is 31.2. The molecule has 0 unspecified atom stereocenters. The molecule has 2 heteroatoms. The van der Waals surface area contributed by atoms with Gasteiger partial charge in [-0.15, -0.1) is 0 Å². The lowest BCUT2D eigenvalue weighted by Gasteiger charge is -2.05. The molecule has 1 nitrogen and oxygen atoms in total. The molecule has 14 heavy (non-hydrogen) atoms. The van der Waals surface area contributed by atoms with E-state index in [0.717, 1.165) is 12.6 Å². The second kappa shape index (κ2) is 8.53. The Morgan fingerprint density at radius 2 is 1.21 bits per heavy atom. The van der Waals surface area contributed by atoms with Gasteiger partial charge in [-0.3, -0.25) is 0 Å². The van der Waals surface area contributed by atoms with Crippen molar-refractivity contribution >= 4 is 7.14 Å². The molecule has 0 aromatic heterocycles. The normalized spacial score (nSPS) is 11.9. The third kappa shape index (κ3) is 12.2. The van der Waals surface area contributed by atoms with E-state index < -0.39 is 7.14 Å². The number of hydrogen-bond acceptors (Lipinski definition) is 1. The molecule has 0 amide bonds. The summed E-state index contributed by atoms with van der Waals surface area (Å²) in [6, 6.07) is 0. The zero-order valence-corrected chi connectivity index (χ0v) is 11.1. The maximum Gasteiger partial charge on any atom is 0.0819 e. The van der Waals surface area contributed by atoms with E-state index in [1.807, 2.05) is 13.3 Å². The fraction of sp³-hybridized carbons (Fsp3) is 1.00. The van der Waals surface area contributed by atoms with Crippen LogP contribution in [-0.2, 0) is 4.57 Å². The van der Waals surface area contributed by atoms with Gasteiger partial charge in [0.15, 0.2) is 0 Å². The van der Waals surface area contributed by atoms with Crippen LogP contribution >= 0.6 is 7.14 Å². The van der Waals surface area contributed by atoms with Crippen LogP contribution < -0.4 is 0 Å². The van der Waals surface area contributed by atoms with Crippen LogP contribution in [0.3, 0.4) is 0 Å². The summed E-state index contributed by atoms with van der Waals surface area (Å²) in [5, 5.41) is 0. The molecule has 0 bridgehead atoms. The van der Waals surface area contributed by atoms with Gasteiger partial charge in [0.2, 0.25) is 0 Å². The molecule has 0 spiro atoms. The zero-order valence-electron chi connectivity index (χ0n) is 10.2. The number of rotatable bonds is 9. The summed E-state index contributed by atoms with van der Waals surface area (Å²) in [6.45, 7) is 6.04. The van der Waals surface area contributed by atoms with E-state index in [1.54, 1.807) is 0 Å². The van der Waals surface area contributed by atoms with Crippen molar-refractivity contribution in [3.8, 4) is 0 Å². The standard InChI is InChI=1S/C12H27OP/c1-4-5-6-7-8-9-10-11-12-14(2,3)13/h4-12H2,1-3H3. The summed E-state index contributed by atoms with van der Waals surface area (Å²) in [4.78, 5) is 0. The highest BCUT2D eigenvalue weighted by Crippen LogP contribution is 2.36. The molecule has 86 valence electrons. The van der Waals surface area contributed by atoms with Gasteiger partial charge in [0.1, 0.15) is 0 Å². The molecule has 0 heterocycles. The monoisotopic (exact) mass is 218 g/mol. The van der Waals surface area contributed by atoms with E-state index in [9.17, 15) is 4.57 Å². The Balaban J connectivity index is 3.03. The molecule has 0 saturated carbocycles. The largest absolute Gasteiger partial charge is 0.324 e. The van der Waals surface area contributed by atoms with E-state index in [2.05, 4.69) is 6.92 Å². The van der Waals surface area contributed by atoms with Crippen molar-refractivity contribution in [2.24, 2.45) is 0 Å². The number of hydrogen-bond donors (Lipinski definition) is 0. The van der Waals surface area contributed by atoms with Gasteiger partial charge in [-0.1, -0.05) is 51.9 Å². The molecule has 0 aliphatic heterocycles. The second-order valence-corrected chi connectivity index (χ2v) is 8.37. The molecular weight excluding hydrogens is 191 g/mol. The van der Waals surface area contributed by atoms with Gasteiger partial charge in [0.05, 0.1) is 7.14 Å². The van der Waals surface area contributed by atoms with Gasteiger partial charge < -0.3 is 4.57 Å². The summed E-state index contributed by atoms with van der Waals surface area (Å²) in [5.74, 6) is 0. The number of unbranched alkanes of at least 4 members (excludes halogenated alkanes) is 7. The molecule has 0 aromatic rings. The highest BCUT2D eigenvalue weighted by molar-refractivity contribution is 7.62. The molecule has 0 fully saturated rings. The van der Waals surface area contributed by atoms with Crippen molar-refractivity contribution < 1.29 is 4.57 Å². The smallest absolute Gasteiger partial charge is 0.0819 e. The van der Waals surface area contributed by atoms with Gasteiger partial charge >= 0.3 is 0 Å². The van der Waals surface area contributed by atoms with Crippen LogP contribution in [0, 0.1) is 0 Å². The molecule has 0 atom stereocenters. The molecule has 0 N–H and O–H groups in total. The van der Waals surface area contributed by atoms with Crippen molar-refractivity contribution in [3.05, 3.63) is 0 Å². The fourth-order valence-electron chi connectivity index (χ4n) is 1.63. The van der Waals surface area contributed by atoms with Crippen LogP contribution in [0.2, 0.25) is 0 Å². The van der Waals surface area contributed by atoms with E-state index in [0.29, 0.717) is 0 Å². The van der Waals surface area contributed by atoms with Crippen LogP contribution in [-0.4, -0.2) is 19.5 Å². The molecular formula is C12H27OP. The second-order valence-electron chi connectivity index (χ2n) is 4.77. The molecule has 0 aliphatic carbocycles. The summed E-state index contributed by atoms with van der Waals surface area (Å²) in [7, 11) is -1.73. The van der Waals surface area contributed by atoms with Crippen molar-refractivity contribution in [1.82, 2.24) is 0 Å². The Hall–Kier alpha value is 0.230. The zero-order chi connectivity index (χ0) is 10.9. The van der Waals surface area contributed by atoms with Crippen LogP contribution in [0.15, 0.2) is 0 Å². The van der Waals surface area contributed by atoms with Crippen molar-refractivity contribution in [1.29, 1.82) is 0 Å². The minimum absolute atomic E-state index is 0.946. The Bertz CT molecular complexity index is 160. The van der Waals surface area contributed by atoms with Gasteiger partial charge in [0, 0.05) is 6.16 Å². The fourth-order valence-corrected chi connectivity index (χ4v) is 2.61. The van der Waals surface area contributed by atoms with Crippen LogP contribution in [0.4, 0.5) is 0 Å². The van der Waals surface area contributed by atoms with Crippen LogP contribution in [0.1, 0.15) is 58.3 Å². The quantitative estimate of drug-likeness (QED) is 0.403. The Labute approximate surface area is 90.0 Å². The van der Waals surface area contributed by atoms with E-state index in [1.165, 1.54) is 44.9 Å². The molecule has 0 aromatic carbocycles. The average molecular weight is 218 g/mol. The third-order valence-corrected chi connectivity index (χ3v) is 3.94. The Morgan fingerprint density at radius 3 is 1.64 bits per heavy atom. The van der Waals surface area contributed by atoms with Crippen molar-refractivity contribution in [2.45, 2.75) is 58.3 Å². The van der Waals surface area contributed by atoms with Gasteiger partial charge in [0.25, 0.3) is 0 Å². The summed E-state index contributed by atoms with van der Waals surface area (Å²) >= 11 is 0. The molecule has 0 aliphatic rings. The maximum atomic E-state index is 11.4. The Morgan fingerprint density at radius 1 is 0.786 bits per heavy atom. The average Bonchev–Trinajstić information content (AvgIpc) is 2.08. The topological polar surface area (TPSA) is 17.1 Å². The lowest BCUT2D eigenvalue weighted by Crippen LogP contribution is -1.87. The van der Waals surface area contributed by atoms with Gasteiger partial charge in [-0.2, -0.15) is 0 Å². The first-order valence-corrected chi connectivity index (χ1v) is 8.89. The lowest BCUT2D eigenvalue weighted by atomic mass is 10.1. The van der Waals surface area contributed by atoms with Crippen LogP contribution in [0.25, 0.3) is 0 Å². The van der Waals surface area contributed by atoms with E-state index in [-0.39, 0.29) is 0 Å². The summed E-state index contributed by atoms with van der Waals surface area (Å²) in [5.41, 5.74) is 0. The minimum atomic E-state index is -1.73. The van der Waals surface area contributed by atoms with Crippen molar-refractivity contribution in [2.75, 3.05) is 19.5 Å². The summed E-state index contributed by atoms with van der Waals surface area (Å²) < 4.78 is 11.4. The third-order valence-electron chi connectivity index (χ3n) is 2.55. The predicted molar refractivity (Wildman–Crippen MR) is 66.9 cm³/mol. The Kier molecular flexibility index (Phi) is 8.67.